The van der Waals surface area contributed by atoms with E-state index in [0.717, 1.165) is 23.1 Å². The Balaban J connectivity index is 1.72. The molecule has 0 N–H and O–H groups in total. The van der Waals surface area contributed by atoms with Gasteiger partial charge in [-0.25, -0.2) is 0 Å². The van der Waals surface area contributed by atoms with E-state index in [2.05, 4.69) is 36.4 Å². The molecule has 3 aromatic rings. The van der Waals surface area contributed by atoms with E-state index in [-0.39, 0.29) is 19.1 Å². The molecule has 0 spiro atoms. The van der Waals surface area contributed by atoms with E-state index >= 15 is 0 Å². The number of allylic oxidation sites excluding steroid dienone is 1. The first-order chi connectivity index (χ1) is 15.1. The third-order valence-electron chi connectivity index (χ3n) is 6.32. The normalized spacial score (nSPS) is 18.4. The Kier molecular flexibility index (Phi) is 4.94. The van der Waals surface area contributed by atoms with Crippen molar-refractivity contribution in [1.29, 1.82) is 0 Å². The first kappa shape index (κ1) is 20.0. The number of thiophene rings is 1. The molecule has 0 radical (unpaired) electrons. The maximum Gasteiger partial charge on any atom is 0.327 e. The fourth-order valence-electron chi connectivity index (χ4n) is 5.01. The molecule has 2 aromatic carbocycles. The number of carbonyl (C=O) groups excluding carboxylic acids is 2. The van der Waals surface area contributed by atoms with Gasteiger partial charge in [0, 0.05) is 9.58 Å². The maximum atomic E-state index is 13.1. The average molecular weight is 433 g/mol. The summed E-state index contributed by atoms with van der Waals surface area (Å²) in [6.07, 6.45) is 2.99. The van der Waals surface area contributed by atoms with Crippen LogP contribution in [0.3, 0.4) is 0 Å². The molecular weight excluding hydrogens is 408 g/mol. The molecule has 4 nitrogen and oxygen atoms in total. The molecule has 1 atom stereocenters. The van der Waals surface area contributed by atoms with E-state index < -0.39 is 17.4 Å². The standard InChI is InChI=1S/C26H24O4S/c1-3-29-24(27)26(25(28)30-4-2)14-16-13-20-18-10-7-8-12-22(18)31-23(20)19-11-6-5-9-17(19)21(16)15-26/h5-12,15-16H,3-4,13-14H2,1-2H3. The first-order valence-corrected chi connectivity index (χ1v) is 11.6. The van der Waals surface area contributed by atoms with Crippen molar-refractivity contribution < 1.29 is 19.1 Å². The van der Waals surface area contributed by atoms with Gasteiger partial charge in [-0.3, -0.25) is 9.59 Å². The van der Waals surface area contributed by atoms with Crippen molar-refractivity contribution in [3.8, 4) is 10.4 Å². The zero-order chi connectivity index (χ0) is 21.6. The van der Waals surface area contributed by atoms with Crippen LogP contribution in [0, 0.1) is 11.3 Å². The van der Waals surface area contributed by atoms with E-state index in [1.165, 1.54) is 20.5 Å². The summed E-state index contributed by atoms with van der Waals surface area (Å²) >= 11 is 1.81. The van der Waals surface area contributed by atoms with Gasteiger partial charge < -0.3 is 9.47 Å². The van der Waals surface area contributed by atoms with Gasteiger partial charge >= 0.3 is 11.9 Å². The Morgan fingerprint density at radius 3 is 2.32 bits per heavy atom. The van der Waals surface area contributed by atoms with Crippen LogP contribution in [0.2, 0.25) is 0 Å². The molecule has 2 aliphatic carbocycles. The van der Waals surface area contributed by atoms with Crippen LogP contribution in [0.5, 0.6) is 0 Å². The van der Waals surface area contributed by atoms with Crippen molar-refractivity contribution in [3.63, 3.8) is 0 Å². The Morgan fingerprint density at radius 2 is 1.61 bits per heavy atom. The zero-order valence-electron chi connectivity index (χ0n) is 17.6. The molecule has 5 rings (SSSR count). The minimum atomic E-state index is -1.39. The highest BCUT2D eigenvalue weighted by atomic mass is 32.1. The summed E-state index contributed by atoms with van der Waals surface area (Å²) in [6, 6.07) is 16.8. The average Bonchev–Trinajstić information content (AvgIpc) is 3.31. The van der Waals surface area contributed by atoms with Gasteiger partial charge in [0.05, 0.1) is 13.2 Å². The lowest BCUT2D eigenvalue weighted by Crippen LogP contribution is -2.39. The fourth-order valence-corrected chi connectivity index (χ4v) is 6.28. The quantitative estimate of drug-likeness (QED) is 0.395. The summed E-state index contributed by atoms with van der Waals surface area (Å²) in [6.45, 7) is 3.97. The third-order valence-corrected chi connectivity index (χ3v) is 7.57. The molecule has 0 amide bonds. The minimum Gasteiger partial charge on any atom is -0.465 e. The molecule has 31 heavy (non-hydrogen) atoms. The monoisotopic (exact) mass is 432 g/mol. The SMILES string of the molecule is CCOC(=O)C1(C(=O)OCC)C=C2c3ccccc3-c3sc4ccccc4c3CC2C1. The molecule has 2 aliphatic rings. The second-order valence-corrected chi connectivity index (χ2v) is 9.12. The number of esters is 2. The van der Waals surface area contributed by atoms with Crippen LogP contribution in [-0.4, -0.2) is 25.2 Å². The minimum absolute atomic E-state index is 0.0363. The third kappa shape index (κ3) is 3.02. The van der Waals surface area contributed by atoms with Gasteiger partial charge in [-0.1, -0.05) is 48.5 Å². The van der Waals surface area contributed by atoms with Gasteiger partial charge in [0.15, 0.2) is 5.41 Å². The predicted octanol–water partition coefficient (Wildman–Crippen LogP) is 5.64. The van der Waals surface area contributed by atoms with Gasteiger partial charge in [0.25, 0.3) is 0 Å². The molecule has 0 aliphatic heterocycles. The van der Waals surface area contributed by atoms with Gasteiger partial charge in [-0.2, -0.15) is 0 Å². The Morgan fingerprint density at radius 1 is 0.968 bits per heavy atom. The lowest BCUT2D eigenvalue weighted by molar-refractivity contribution is -0.168. The second-order valence-electron chi connectivity index (χ2n) is 8.07. The number of fused-ring (bicyclic) bond motifs is 7. The largest absolute Gasteiger partial charge is 0.465 e. The smallest absolute Gasteiger partial charge is 0.327 e. The van der Waals surface area contributed by atoms with E-state index in [1.807, 2.05) is 29.5 Å². The number of hydrogen-bond donors (Lipinski definition) is 0. The van der Waals surface area contributed by atoms with Crippen molar-refractivity contribution in [2.24, 2.45) is 11.3 Å². The summed E-state index contributed by atoms with van der Waals surface area (Å²) in [4.78, 5) is 27.4. The number of ether oxygens (including phenoxy) is 2. The van der Waals surface area contributed by atoms with Crippen LogP contribution in [0.4, 0.5) is 0 Å². The molecule has 0 fully saturated rings. The molecule has 0 saturated carbocycles. The molecule has 158 valence electrons. The fraction of sp³-hybridized carbons (Fsp3) is 0.308. The van der Waals surface area contributed by atoms with Crippen molar-refractivity contribution in [2.45, 2.75) is 26.7 Å². The number of benzene rings is 2. The molecule has 0 bridgehead atoms. The number of hydrogen-bond acceptors (Lipinski definition) is 5. The lowest BCUT2D eigenvalue weighted by atomic mass is 9.83. The van der Waals surface area contributed by atoms with Crippen LogP contribution < -0.4 is 0 Å². The van der Waals surface area contributed by atoms with Crippen LogP contribution in [0.15, 0.2) is 54.6 Å². The topological polar surface area (TPSA) is 52.6 Å². The summed E-state index contributed by atoms with van der Waals surface area (Å²) in [5.41, 5.74) is 3.21. The van der Waals surface area contributed by atoms with Crippen molar-refractivity contribution >= 4 is 38.9 Å². The van der Waals surface area contributed by atoms with Gasteiger partial charge in [-0.15, -0.1) is 11.3 Å². The van der Waals surface area contributed by atoms with E-state index in [4.69, 9.17) is 9.47 Å². The molecule has 0 saturated heterocycles. The summed E-state index contributed by atoms with van der Waals surface area (Å²) in [5, 5.41) is 1.25. The number of carbonyl (C=O) groups is 2. The number of rotatable bonds is 4. The molecular formula is C26H24O4S. The lowest BCUT2D eigenvalue weighted by Gasteiger charge is -2.24. The van der Waals surface area contributed by atoms with Crippen LogP contribution >= 0.6 is 11.3 Å². The van der Waals surface area contributed by atoms with Crippen molar-refractivity contribution in [3.05, 3.63) is 65.7 Å². The Bertz CT molecular complexity index is 1200. The summed E-state index contributed by atoms with van der Waals surface area (Å²) in [7, 11) is 0. The Hall–Kier alpha value is -2.92. The van der Waals surface area contributed by atoms with Crippen LogP contribution in [-0.2, 0) is 25.5 Å². The first-order valence-electron chi connectivity index (χ1n) is 10.8. The summed E-state index contributed by atoms with van der Waals surface area (Å²) < 4.78 is 12.0. The van der Waals surface area contributed by atoms with Gasteiger partial charge in [-0.05, 0) is 66.3 Å². The molecule has 1 heterocycles. The zero-order valence-corrected chi connectivity index (χ0v) is 18.5. The predicted molar refractivity (Wildman–Crippen MR) is 123 cm³/mol. The van der Waals surface area contributed by atoms with Crippen LogP contribution in [0.1, 0.15) is 31.4 Å². The Labute approximate surface area is 185 Å². The highest BCUT2D eigenvalue weighted by molar-refractivity contribution is 7.22. The van der Waals surface area contributed by atoms with E-state index in [0.29, 0.717) is 6.42 Å². The summed E-state index contributed by atoms with van der Waals surface area (Å²) in [5.74, 6) is -0.988. The van der Waals surface area contributed by atoms with Crippen molar-refractivity contribution in [1.82, 2.24) is 0 Å². The maximum absolute atomic E-state index is 13.1. The van der Waals surface area contributed by atoms with Gasteiger partial charge in [0.1, 0.15) is 0 Å². The van der Waals surface area contributed by atoms with Crippen molar-refractivity contribution in [2.75, 3.05) is 13.2 Å². The highest BCUT2D eigenvalue weighted by Crippen LogP contribution is 2.54. The second kappa shape index (κ2) is 7.65. The highest BCUT2D eigenvalue weighted by Gasteiger charge is 2.54. The molecule has 1 aromatic heterocycles. The molecule has 5 heteroatoms. The van der Waals surface area contributed by atoms with Gasteiger partial charge in [0.2, 0.25) is 0 Å². The van der Waals surface area contributed by atoms with E-state index in [1.54, 1.807) is 13.8 Å². The van der Waals surface area contributed by atoms with E-state index in [9.17, 15) is 9.59 Å². The molecule has 1 unspecified atom stereocenters. The van der Waals surface area contributed by atoms with Crippen LogP contribution in [0.25, 0.3) is 26.1 Å².